The number of piperidine rings is 1. The Morgan fingerprint density at radius 1 is 1.57 bits per heavy atom. The van der Waals surface area contributed by atoms with Crippen molar-refractivity contribution in [3.8, 4) is 0 Å². The van der Waals surface area contributed by atoms with Crippen molar-refractivity contribution in [3.05, 3.63) is 10.9 Å². The van der Waals surface area contributed by atoms with Crippen LogP contribution in [-0.4, -0.2) is 35.0 Å². The van der Waals surface area contributed by atoms with Crippen LogP contribution < -0.4 is 11.1 Å². The summed E-state index contributed by atoms with van der Waals surface area (Å²) >= 11 is 1.37. The second kappa shape index (κ2) is 6.04. The summed E-state index contributed by atoms with van der Waals surface area (Å²) in [7, 11) is 0. The molecule has 1 aromatic rings. The second-order valence-electron chi connectivity index (χ2n) is 4.76. The molecule has 0 radical (unpaired) electrons. The molecule has 0 spiro atoms. The van der Waals surface area contributed by atoms with Crippen LogP contribution in [0.1, 0.15) is 25.3 Å². The van der Waals surface area contributed by atoms with E-state index in [0.29, 0.717) is 29.4 Å². The largest absolute Gasteiger partial charge is 0.398 e. The lowest BCUT2D eigenvalue weighted by molar-refractivity contribution is -0.138. The van der Waals surface area contributed by atoms with E-state index < -0.39 is 11.9 Å². The highest BCUT2D eigenvalue weighted by Crippen LogP contribution is 2.32. The smallest absolute Gasteiger partial charge is 0.249 e. The molecule has 2 rings (SSSR count). The summed E-state index contributed by atoms with van der Waals surface area (Å²) in [6.45, 7) is 3.49. The molecule has 8 heteroatoms. The van der Waals surface area contributed by atoms with Gasteiger partial charge in [0.2, 0.25) is 18.2 Å². The van der Waals surface area contributed by atoms with E-state index in [9.17, 15) is 14.4 Å². The lowest BCUT2D eigenvalue weighted by Gasteiger charge is -2.29. The molecule has 7 nitrogen and oxygen atoms in total. The molecule has 2 heterocycles. The number of rotatable bonds is 3. The molecule has 21 heavy (non-hydrogen) atoms. The van der Waals surface area contributed by atoms with Crippen LogP contribution in [0.25, 0.3) is 0 Å². The Labute approximate surface area is 125 Å². The predicted molar refractivity (Wildman–Crippen MR) is 80.3 cm³/mol. The molecule has 0 bridgehead atoms. The molecule has 0 saturated carbocycles. The van der Waals surface area contributed by atoms with Gasteiger partial charge in [0.1, 0.15) is 16.9 Å². The summed E-state index contributed by atoms with van der Waals surface area (Å²) in [5.74, 6) is -0.404. The van der Waals surface area contributed by atoms with Crippen LogP contribution in [0.3, 0.4) is 0 Å². The van der Waals surface area contributed by atoms with Crippen LogP contribution in [-0.2, 0) is 14.4 Å². The number of nitrogens with one attached hydrogen (secondary N) is 1. The first-order valence-electron chi connectivity index (χ1n) is 6.40. The normalized spacial score (nSPS) is 19.3. The highest BCUT2D eigenvalue weighted by molar-refractivity contribution is 7.14. The van der Waals surface area contributed by atoms with E-state index in [4.69, 9.17) is 5.73 Å². The third-order valence-electron chi connectivity index (χ3n) is 3.35. The van der Waals surface area contributed by atoms with Gasteiger partial charge in [-0.2, -0.15) is 0 Å². The zero-order valence-electron chi connectivity index (χ0n) is 11.8. The molecule has 1 aliphatic rings. The lowest BCUT2D eigenvalue weighted by Crippen LogP contribution is -2.53. The van der Waals surface area contributed by atoms with Crippen LogP contribution in [0.4, 0.5) is 10.7 Å². The van der Waals surface area contributed by atoms with Gasteiger partial charge in [-0.25, -0.2) is 4.99 Å². The van der Waals surface area contributed by atoms with Gasteiger partial charge in [0.05, 0.1) is 0 Å². The number of nitrogens with two attached hydrogens (primary N) is 1. The van der Waals surface area contributed by atoms with Gasteiger partial charge in [0.25, 0.3) is 0 Å². The number of anilines is 1. The highest BCUT2D eigenvalue weighted by Gasteiger charge is 2.32. The number of hydrogen-bond acceptors (Lipinski definition) is 6. The molecule has 0 aromatic carbocycles. The summed E-state index contributed by atoms with van der Waals surface area (Å²) in [6, 6.07) is -0.707. The minimum Gasteiger partial charge on any atom is -0.398 e. The Kier molecular flexibility index (Phi) is 4.37. The van der Waals surface area contributed by atoms with Crippen LogP contribution in [0.5, 0.6) is 0 Å². The van der Waals surface area contributed by atoms with Gasteiger partial charge >= 0.3 is 0 Å². The topological polar surface area (TPSA) is 105 Å². The summed E-state index contributed by atoms with van der Waals surface area (Å²) < 4.78 is 0. The molecular weight excluding hydrogens is 292 g/mol. The number of hydrogen-bond donors (Lipinski definition) is 2. The van der Waals surface area contributed by atoms with E-state index in [-0.39, 0.29) is 12.3 Å². The Balaban J connectivity index is 2.24. The van der Waals surface area contributed by atoms with Gasteiger partial charge in [-0.3, -0.25) is 24.6 Å². The monoisotopic (exact) mass is 308 g/mol. The van der Waals surface area contributed by atoms with Crippen LogP contribution in [0.2, 0.25) is 0 Å². The fraction of sp³-hybridized carbons (Fsp3) is 0.385. The zero-order valence-corrected chi connectivity index (χ0v) is 12.6. The van der Waals surface area contributed by atoms with Gasteiger partial charge in [-0.15, -0.1) is 11.3 Å². The summed E-state index contributed by atoms with van der Waals surface area (Å²) in [5, 5.41) is 4.70. The number of amidine groups is 1. The maximum absolute atomic E-state index is 11.8. The lowest BCUT2D eigenvalue weighted by atomic mass is 10.0. The van der Waals surface area contributed by atoms with E-state index in [0.717, 1.165) is 5.56 Å². The quantitative estimate of drug-likeness (QED) is 0.375. The third kappa shape index (κ3) is 3.10. The van der Waals surface area contributed by atoms with Gasteiger partial charge in [-0.1, -0.05) is 0 Å². The number of carbonyl (C=O) groups is 3. The highest BCUT2D eigenvalue weighted by atomic mass is 32.1. The average Bonchev–Trinajstić information content (AvgIpc) is 2.74. The van der Waals surface area contributed by atoms with Gasteiger partial charge in [0, 0.05) is 23.1 Å². The average molecular weight is 308 g/mol. The number of aliphatic imine (C=N–C) groups is 1. The van der Waals surface area contributed by atoms with Gasteiger partial charge in [-0.05, 0) is 20.3 Å². The SMILES string of the molecule is CC(=Nc1scc(N)c1C)N(C=O)C1CCC(=O)NC1=O. The Morgan fingerprint density at radius 3 is 2.81 bits per heavy atom. The van der Waals surface area contributed by atoms with Crippen molar-refractivity contribution < 1.29 is 14.4 Å². The second-order valence-corrected chi connectivity index (χ2v) is 5.62. The van der Waals surface area contributed by atoms with Crippen molar-refractivity contribution in [1.82, 2.24) is 10.2 Å². The van der Waals surface area contributed by atoms with E-state index in [1.807, 2.05) is 6.92 Å². The number of nitrogens with zero attached hydrogens (tertiary/aromatic N) is 2. The molecule has 1 aliphatic heterocycles. The molecule has 0 aliphatic carbocycles. The number of amides is 3. The van der Waals surface area contributed by atoms with E-state index in [1.54, 1.807) is 12.3 Å². The molecule has 3 amide bonds. The minimum atomic E-state index is -0.707. The molecule has 1 unspecified atom stereocenters. The maximum atomic E-state index is 11.8. The molecule has 1 fully saturated rings. The fourth-order valence-corrected chi connectivity index (χ4v) is 2.95. The van der Waals surface area contributed by atoms with Crippen LogP contribution in [0.15, 0.2) is 10.4 Å². The minimum absolute atomic E-state index is 0.207. The fourth-order valence-electron chi connectivity index (χ4n) is 2.06. The van der Waals surface area contributed by atoms with E-state index in [2.05, 4.69) is 10.3 Å². The first kappa shape index (κ1) is 15.2. The molecule has 3 N–H and O–H groups in total. The van der Waals surface area contributed by atoms with Crippen molar-refractivity contribution in [2.45, 2.75) is 32.7 Å². The number of carbonyl (C=O) groups excluding carboxylic acids is 3. The molecule has 1 aromatic heterocycles. The van der Waals surface area contributed by atoms with E-state index >= 15 is 0 Å². The Morgan fingerprint density at radius 2 is 2.29 bits per heavy atom. The Hall–Kier alpha value is -2.22. The standard InChI is InChI=1S/C13H16N4O3S/c1-7-9(14)5-21-13(7)15-8(2)17(6-18)10-3-4-11(19)16-12(10)20/h5-6,10H,3-4,14H2,1-2H3,(H,16,19,20). The van der Waals surface area contributed by atoms with Crippen molar-refractivity contribution in [3.63, 3.8) is 0 Å². The van der Waals surface area contributed by atoms with Crippen molar-refractivity contribution in [1.29, 1.82) is 0 Å². The van der Waals surface area contributed by atoms with Crippen LogP contribution >= 0.6 is 11.3 Å². The first-order valence-corrected chi connectivity index (χ1v) is 7.28. The number of thiophene rings is 1. The van der Waals surface area contributed by atoms with Crippen molar-refractivity contribution in [2.75, 3.05) is 5.73 Å². The van der Waals surface area contributed by atoms with Crippen molar-refractivity contribution in [2.24, 2.45) is 4.99 Å². The number of imide groups is 1. The summed E-state index contributed by atoms with van der Waals surface area (Å²) in [6.07, 6.45) is 1.06. The molecule has 1 saturated heterocycles. The summed E-state index contributed by atoms with van der Waals surface area (Å²) in [5.41, 5.74) is 7.25. The van der Waals surface area contributed by atoms with Gasteiger partial charge in [0.15, 0.2) is 0 Å². The molecule has 112 valence electrons. The van der Waals surface area contributed by atoms with Crippen molar-refractivity contribution >= 4 is 46.1 Å². The van der Waals surface area contributed by atoms with Crippen LogP contribution in [0, 0.1) is 6.92 Å². The number of nitrogen functional groups attached to an aromatic ring is 1. The maximum Gasteiger partial charge on any atom is 0.249 e. The zero-order chi connectivity index (χ0) is 15.6. The van der Waals surface area contributed by atoms with Gasteiger partial charge < -0.3 is 5.73 Å². The molecular formula is C13H16N4O3S. The van der Waals surface area contributed by atoms with E-state index in [1.165, 1.54) is 16.2 Å². The summed E-state index contributed by atoms with van der Waals surface area (Å²) in [4.78, 5) is 39.9. The first-order chi connectivity index (χ1) is 9.93. The predicted octanol–water partition coefficient (Wildman–Crippen LogP) is 0.952. The Bertz CT molecular complexity index is 623. The third-order valence-corrected chi connectivity index (χ3v) is 4.34. The molecule has 1 atom stereocenters.